The van der Waals surface area contributed by atoms with E-state index in [0.717, 1.165) is 28.6 Å². The third-order valence-electron chi connectivity index (χ3n) is 5.11. The molecule has 0 aliphatic carbocycles. The van der Waals surface area contributed by atoms with Crippen LogP contribution in [-0.4, -0.2) is 28.5 Å². The maximum absolute atomic E-state index is 12.6. The number of hydrogen-bond acceptors (Lipinski definition) is 3. The van der Waals surface area contributed by atoms with Gasteiger partial charge in [-0.2, -0.15) is 0 Å². The lowest BCUT2D eigenvalue weighted by Gasteiger charge is -2.08. The number of rotatable bonds is 4. The fourth-order valence-corrected chi connectivity index (χ4v) is 3.58. The quantitative estimate of drug-likeness (QED) is 0.461. The molecule has 4 rings (SSSR count). The van der Waals surface area contributed by atoms with Crippen LogP contribution in [-0.2, 0) is 6.42 Å². The Labute approximate surface area is 175 Å². The summed E-state index contributed by atoms with van der Waals surface area (Å²) in [6, 6.07) is 24.8. The van der Waals surface area contributed by atoms with E-state index in [2.05, 4.69) is 12.2 Å². The van der Waals surface area contributed by atoms with Crippen molar-refractivity contribution >= 4 is 28.3 Å². The molecule has 0 aliphatic rings. The summed E-state index contributed by atoms with van der Waals surface area (Å²) in [5.74, 6) is -0.129. The molecule has 0 bridgehead atoms. The first-order chi connectivity index (χ1) is 14.6. The van der Waals surface area contributed by atoms with E-state index in [9.17, 15) is 9.90 Å². The third kappa shape index (κ3) is 3.46. The van der Waals surface area contributed by atoms with Gasteiger partial charge in [-0.25, -0.2) is 14.4 Å². The van der Waals surface area contributed by atoms with Gasteiger partial charge in [0.05, 0.1) is 22.5 Å². The Kier molecular flexibility index (Phi) is 5.35. The van der Waals surface area contributed by atoms with Crippen LogP contribution >= 0.6 is 0 Å². The topological polar surface area (TPSA) is 66.6 Å². The Balaban J connectivity index is 2.07. The summed E-state index contributed by atoms with van der Waals surface area (Å²) in [5.41, 5.74) is 4.49. The summed E-state index contributed by atoms with van der Waals surface area (Å²) in [7, 11) is 1.55. The van der Waals surface area contributed by atoms with Crippen LogP contribution in [0, 0.1) is 0 Å². The van der Waals surface area contributed by atoms with E-state index >= 15 is 0 Å². The number of carbonyl (C=O) groups is 1. The monoisotopic (exact) mass is 397 g/mol. The van der Waals surface area contributed by atoms with Crippen LogP contribution < -0.4 is 5.32 Å². The average molecular weight is 397 g/mol. The minimum absolute atomic E-state index is 0.129. The Bertz CT molecular complexity index is 1230. The molecule has 2 N–H and O–H groups in total. The van der Waals surface area contributed by atoms with Crippen LogP contribution in [0.2, 0.25) is 0 Å². The number of fused-ring (bicyclic) bond motifs is 1. The second kappa shape index (κ2) is 8.25. The first-order valence-electron chi connectivity index (χ1n) is 9.92. The van der Waals surface area contributed by atoms with Crippen molar-refractivity contribution in [3.63, 3.8) is 0 Å². The molecule has 0 aliphatic heterocycles. The average Bonchev–Trinajstić information content (AvgIpc) is 3.09. The SMILES string of the molecule is CCc1ccc2c(C(=Nc3ccccc3)c3ccccc3)c(O)n(C(=O)NC)c2c1. The van der Waals surface area contributed by atoms with Gasteiger partial charge in [-0.1, -0.05) is 67.6 Å². The van der Waals surface area contributed by atoms with Crippen molar-refractivity contribution in [2.75, 3.05) is 7.05 Å². The second-order valence-corrected chi connectivity index (χ2v) is 6.96. The molecular formula is C25H23N3O2. The van der Waals surface area contributed by atoms with E-state index in [0.29, 0.717) is 16.8 Å². The number of aromatic hydroxyl groups is 1. The summed E-state index contributed by atoms with van der Waals surface area (Å²) >= 11 is 0. The van der Waals surface area contributed by atoms with E-state index in [4.69, 9.17) is 4.99 Å². The van der Waals surface area contributed by atoms with Gasteiger partial charge in [0.25, 0.3) is 0 Å². The molecule has 0 unspecified atom stereocenters. The number of hydrogen-bond donors (Lipinski definition) is 2. The highest BCUT2D eigenvalue weighted by Gasteiger charge is 2.25. The normalized spacial score (nSPS) is 11.6. The number of aryl methyl sites for hydroxylation is 1. The fraction of sp³-hybridized carbons (Fsp3) is 0.120. The predicted molar refractivity (Wildman–Crippen MR) is 121 cm³/mol. The van der Waals surface area contributed by atoms with Gasteiger partial charge < -0.3 is 10.4 Å². The molecule has 5 heteroatoms. The number of aromatic nitrogens is 1. The number of aliphatic imine (C=N–C) groups is 1. The molecule has 3 aromatic carbocycles. The van der Waals surface area contributed by atoms with Gasteiger partial charge >= 0.3 is 6.03 Å². The minimum atomic E-state index is -0.399. The highest BCUT2D eigenvalue weighted by molar-refractivity contribution is 6.23. The molecule has 1 aromatic heterocycles. The van der Waals surface area contributed by atoms with Gasteiger partial charge in [-0.05, 0) is 30.2 Å². The van der Waals surface area contributed by atoms with Crippen molar-refractivity contribution in [2.45, 2.75) is 13.3 Å². The standard InChI is InChI=1S/C25H23N3O2/c1-3-17-14-15-20-21(16-17)28(25(30)26-2)24(29)22(20)23(18-10-6-4-7-11-18)27-19-12-8-5-9-13-19/h4-16,29H,3H2,1-2H3,(H,26,30). The van der Waals surface area contributed by atoms with Crippen LogP contribution in [0.15, 0.2) is 83.9 Å². The molecule has 0 radical (unpaired) electrons. The zero-order valence-corrected chi connectivity index (χ0v) is 17.0. The van der Waals surface area contributed by atoms with Gasteiger partial charge in [0, 0.05) is 18.0 Å². The molecule has 150 valence electrons. The molecule has 0 fully saturated rings. The first kappa shape index (κ1) is 19.5. The van der Waals surface area contributed by atoms with E-state index in [1.165, 1.54) is 4.57 Å². The van der Waals surface area contributed by atoms with Gasteiger partial charge in [0.15, 0.2) is 0 Å². The van der Waals surface area contributed by atoms with Crippen molar-refractivity contribution in [1.29, 1.82) is 0 Å². The lowest BCUT2D eigenvalue weighted by Crippen LogP contribution is -2.24. The second-order valence-electron chi connectivity index (χ2n) is 6.96. The Morgan fingerprint density at radius 1 is 1.00 bits per heavy atom. The lowest BCUT2D eigenvalue weighted by molar-refractivity contribution is 0.242. The molecule has 0 saturated carbocycles. The summed E-state index contributed by atoms with van der Waals surface area (Å²) in [6.07, 6.45) is 0.828. The summed E-state index contributed by atoms with van der Waals surface area (Å²) < 4.78 is 1.31. The molecule has 1 heterocycles. The van der Waals surface area contributed by atoms with Crippen molar-refractivity contribution in [2.24, 2.45) is 4.99 Å². The number of amides is 1. The van der Waals surface area contributed by atoms with Crippen LogP contribution in [0.3, 0.4) is 0 Å². The zero-order valence-electron chi connectivity index (χ0n) is 17.0. The van der Waals surface area contributed by atoms with Crippen LogP contribution in [0.5, 0.6) is 5.88 Å². The highest BCUT2D eigenvalue weighted by atomic mass is 16.3. The van der Waals surface area contributed by atoms with Crippen molar-refractivity contribution < 1.29 is 9.90 Å². The molecule has 0 atom stereocenters. The molecule has 30 heavy (non-hydrogen) atoms. The predicted octanol–water partition coefficient (Wildman–Crippen LogP) is 5.27. The van der Waals surface area contributed by atoms with E-state index in [-0.39, 0.29) is 5.88 Å². The maximum atomic E-state index is 12.6. The first-order valence-corrected chi connectivity index (χ1v) is 9.92. The van der Waals surface area contributed by atoms with E-state index < -0.39 is 6.03 Å². The number of nitrogens with one attached hydrogen (secondary N) is 1. The minimum Gasteiger partial charge on any atom is -0.494 e. The molecule has 0 spiro atoms. The third-order valence-corrected chi connectivity index (χ3v) is 5.11. The van der Waals surface area contributed by atoms with Gasteiger partial charge in [-0.3, -0.25) is 0 Å². The van der Waals surface area contributed by atoms with Crippen molar-refractivity contribution in [3.8, 4) is 5.88 Å². The summed E-state index contributed by atoms with van der Waals surface area (Å²) in [4.78, 5) is 17.5. The smallest absolute Gasteiger partial charge is 0.328 e. The molecule has 4 aromatic rings. The molecule has 5 nitrogen and oxygen atoms in total. The number of para-hydroxylation sites is 1. The molecule has 1 amide bonds. The summed E-state index contributed by atoms with van der Waals surface area (Å²) in [5, 5.41) is 14.6. The Hall–Kier alpha value is -3.86. The van der Waals surface area contributed by atoms with Crippen LogP contribution in [0.4, 0.5) is 10.5 Å². The molecular weight excluding hydrogens is 374 g/mol. The van der Waals surface area contributed by atoms with Gasteiger partial charge in [-0.15, -0.1) is 0 Å². The van der Waals surface area contributed by atoms with Crippen molar-refractivity contribution in [1.82, 2.24) is 9.88 Å². The largest absolute Gasteiger partial charge is 0.494 e. The fourth-order valence-electron chi connectivity index (χ4n) is 3.58. The molecule has 0 saturated heterocycles. The lowest BCUT2D eigenvalue weighted by atomic mass is 10.00. The van der Waals surface area contributed by atoms with Crippen molar-refractivity contribution in [3.05, 3.63) is 95.6 Å². The Morgan fingerprint density at radius 3 is 2.30 bits per heavy atom. The number of benzene rings is 3. The Morgan fingerprint density at radius 2 is 1.67 bits per heavy atom. The van der Waals surface area contributed by atoms with E-state index in [1.807, 2.05) is 78.9 Å². The zero-order chi connectivity index (χ0) is 21.1. The van der Waals surface area contributed by atoms with Crippen LogP contribution in [0.1, 0.15) is 23.6 Å². The maximum Gasteiger partial charge on any atom is 0.328 e. The van der Waals surface area contributed by atoms with E-state index in [1.54, 1.807) is 7.05 Å². The number of carbonyl (C=O) groups excluding carboxylic acids is 1. The number of nitrogens with zero attached hydrogens (tertiary/aromatic N) is 2. The highest BCUT2D eigenvalue weighted by Crippen LogP contribution is 2.35. The van der Waals surface area contributed by atoms with Gasteiger partial charge in [0.1, 0.15) is 0 Å². The summed E-state index contributed by atoms with van der Waals surface area (Å²) in [6.45, 7) is 2.06. The van der Waals surface area contributed by atoms with Crippen LogP contribution in [0.25, 0.3) is 10.9 Å². The van der Waals surface area contributed by atoms with Gasteiger partial charge in [0.2, 0.25) is 5.88 Å².